The molecule has 1 aromatic rings. The van der Waals surface area contributed by atoms with Gasteiger partial charge in [-0.15, -0.1) is 0 Å². The highest BCUT2D eigenvalue weighted by Gasteiger charge is 2.26. The zero-order chi connectivity index (χ0) is 19.5. The van der Waals surface area contributed by atoms with E-state index in [1.165, 1.54) is 25.3 Å². The van der Waals surface area contributed by atoms with Crippen LogP contribution in [0.15, 0.2) is 23.1 Å². The first-order valence-electron chi connectivity index (χ1n) is 8.74. The van der Waals surface area contributed by atoms with Gasteiger partial charge in [-0.05, 0) is 36.6 Å². The summed E-state index contributed by atoms with van der Waals surface area (Å²) in [7, 11) is -2.43. The molecule has 1 aliphatic rings. The molecule has 7 nitrogen and oxygen atoms in total. The quantitative estimate of drug-likeness (QED) is 0.832. The standard InChI is InChI=1S/C18H29N3O4S/c1-18(2,3)7-8-20-9-11-21(12-10-20)17(22)15-13-14(26(19,23)24)5-6-16(15)25-4/h5-6,13H,7-12H2,1-4H3,(H2,19,23,24). The van der Waals surface area contributed by atoms with Crippen molar-refractivity contribution in [2.45, 2.75) is 32.1 Å². The molecule has 1 saturated heterocycles. The van der Waals surface area contributed by atoms with E-state index in [9.17, 15) is 13.2 Å². The number of hydrogen-bond acceptors (Lipinski definition) is 5. The minimum Gasteiger partial charge on any atom is -0.496 e. The lowest BCUT2D eigenvalue weighted by molar-refractivity contribution is 0.0620. The largest absolute Gasteiger partial charge is 0.496 e. The number of amides is 1. The number of sulfonamides is 1. The Morgan fingerprint density at radius 3 is 2.31 bits per heavy atom. The third-order valence-corrected chi connectivity index (χ3v) is 5.48. The summed E-state index contributed by atoms with van der Waals surface area (Å²) >= 11 is 0. The molecular weight excluding hydrogens is 354 g/mol. The van der Waals surface area contributed by atoms with E-state index >= 15 is 0 Å². The third kappa shape index (κ3) is 5.43. The number of nitrogens with zero attached hydrogens (tertiary/aromatic N) is 2. The minimum absolute atomic E-state index is 0.0922. The summed E-state index contributed by atoms with van der Waals surface area (Å²) in [5.41, 5.74) is 0.510. The van der Waals surface area contributed by atoms with Crippen LogP contribution in [0.1, 0.15) is 37.6 Å². The van der Waals surface area contributed by atoms with E-state index in [2.05, 4.69) is 25.7 Å². The van der Waals surface area contributed by atoms with E-state index in [-0.39, 0.29) is 21.8 Å². The zero-order valence-corrected chi connectivity index (χ0v) is 16.8. The first-order chi connectivity index (χ1) is 12.0. The maximum Gasteiger partial charge on any atom is 0.257 e. The van der Waals surface area contributed by atoms with Gasteiger partial charge in [-0.2, -0.15) is 0 Å². The van der Waals surface area contributed by atoms with Crippen molar-refractivity contribution < 1.29 is 17.9 Å². The Kier molecular flexibility index (Phi) is 6.31. The number of piperazine rings is 1. The summed E-state index contributed by atoms with van der Waals surface area (Å²) in [4.78, 5) is 16.9. The van der Waals surface area contributed by atoms with Gasteiger partial charge in [-0.25, -0.2) is 13.6 Å². The lowest BCUT2D eigenvalue weighted by atomic mass is 9.92. The van der Waals surface area contributed by atoms with Crippen LogP contribution < -0.4 is 9.88 Å². The van der Waals surface area contributed by atoms with Crippen molar-refractivity contribution in [3.63, 3.8) is 0 Å². The highest BCUT2D eigenvalue weighted by atomic mass is 32.2. The normalized spacial score (nSPS) is 16.6. The van der Waals surface area contributed by atoms with Crippen molar-refractivity contribution in [3.05, 3.63) is 23.8 Å². The van der Waals surface area contributed by atoms with Gasteiger partial charge < -0.3 is 9.64 Å². The fraction of sp³-hybridized carbons (Fsp3) is 0.611. The van der Waals surface area contributed by atoms with E-state index in [0.717, 1.165) is 26.1 Å². The Bertz CT molecular complexity index is 748. The average Bonchev–Trinajstić information content (AvgIpc) is 2.57. The molecule has 146 valence electrons. The summed E-state index contributed by atoms with van der Waals surface area (Å²) in [6.45, 7) is 10.5. The van der Waals surface area contributed by atoms with Crippen LogP contribution in [0.3, 0.4) is 0 Å². The molecule has 0 unspecified atom stereocenters. The third-order valence-electron chi connectivity index (χ3n) is 4.57. The van der Waals surface area contributed by atoms with E-state index in [4.69, 9.17) is 9.88 Å². The van der Waals surface area contributed by atoms with Gasteiger partial charge in [-0.1, -0.05) is 20.8 Å². The second-order valence-corrected chi connectivity index (χ2v) is 9.41. The number of primary sulfonamides is 1. The van der Waals surface area contributed by atoms with Gasteiger partial charge in [0, 0.05) is 26.2 Å². The molecule has 1 aliphatic heterocycles. The molecule has 1 heterocycles. The van der Waals surface area contributed by atoms with E-state index in [1.54, 1.807) is 4.90 Å². The molecule has 0 bridgehead atoms. The van der Waals surface area contributed by atoms with Gasteiger partial charge in [-0.3, -0.25) is 9.69 Å². The van der Waals surface area contributed by atoms with Crippen molar-refractivity contribution in [3.8, 4) is 5.75 Å². The van der Waals surface area contributed by atoms with Gasteiger partial charge in [0.1, 0.15) is 5.75 Å². The molecule has 2 rings (SSSR count). The predicted octanol–water partition coefficient (Wildman–Crippen LogP) is 1.54. The summed E-state index contributed by atoms with van der Waals surface area (Å²) < 4.78 is 28.4. The maximum atomic E-state index is 12.9. The number of nitrogens with two attached hydrogens (primary N) is 1. The summed E-state index contributed by atoms with van der Waals surface area (Å²) in [5.74, 6) is 0.111. The Morgan fingerprint density at radius 2 is 1.81 bits per heavy atom. The van der Waals surface area contributed by atoms with Crippen LogP contribution in [0.25, 0.3) is 0 Å². The predicted molar refractivity (Wildman–Crippen MR) is 101 cm³/mol. The monoisotopic (exact) mass is 383 g/mol. The summed E-state index contributed by atoms with van der Waals surface area (Å²) in [5, 5.41) is 5.18. The van der Waals surface area contributed by atoms with Crippen LogP contribution >= 0.6 is 0 Å². The summed E-state index contributed by atoms with van der Waals surface area (Å²) in [6, 6.07) is 4.10. The number of carbonyl (C=O) groups is 1. The van der Waals surface area contributed by atoms with Crippen molar-refractivity contribution in [2.75, 3.05) is 39.8 Å². The number of carbonyl (C=O) groups excluding carboxylic acids is 1. The molecule has 0 aromatic heterocycles. The van der Waals surface area contributed by atoms with E-state index in [1.807, 2.05) is 0 Å². The second-order valence-electron chi connectivity index (χ2n) is 7.85. The van der Waals surface area contributed by atoms with Crippen LogP contribution in [0.4, 0.5) is 0 Å². The first-order valence-corrected chi connectivity index (χ1v) is 10.3. The van der Waals surface area contributed by atoms with Crippen LogP contribution in [0, 0.1) is 5.41 Å². The molecule has 0 atom stereocenters. The van der Waals surface area contributed by atoms with Crippen molar-refractivity contribution in [1.29, 1.82) is 0 Å². The number of benzene rings is 1. The Hall–Kier alpha value is -1.64. The smallest absolute Gasteiger partial charge is 0.257 e. The van der Waals surface area contributed by atoms with E-state index < -0.39 is 10.0 Å². The average molecular weight is 384 g/mol. The molecule has 0 aliphatic carbocycles. The second kappa shape index (κ2) is 7.94. The molecule has 1 aromatic carbocycles. The Morgan fingerprint density at radius 1 is 1.19 bits per heavy atom. The minimum atomic E-state index is -3.88. The molecule has 0 saturated carbocycles. The van der Waals surface area contributed by atoms with Crippen molar-refractivity contribution >= 4 is 15.9 Å². The Balaban J connectivity index is 2.08. The molecule has 0 spiro atoms. The molecular formula is C18H29N3O4S. The maximum absolute atomic E-state index is 12.9. The number of ether oxygens (including phenoxy) is 1. The van der Waals surface area contributed by atoms with Gasteiger partial charge in [0.25, 0.3) is 5.91 Å². The fourth-order valence-corrected chi connectivity index (χ4v) is 3.41. The van der Waals surface area contributed by atoms with Crippen molar-refractivity contribution in [2.24, 2.45) is 10.6 Å². The topological polar surface area (TPSA) is 92.9 Å². The number of methoxy groups -OCH3 is 1. The van der Waals surface area contributed by atoms with Gasteiger partial charge in [0.2, 0.25) is 10.0 Å². The van der Waals surface area contributed by atoms with Gasteiger partial charge in [0.05, 0.1) is 17.6 Å². The van der Waals surface area contributed by atoms with Gasteiger partial charge >= 0.3 is 0 Å². The van der Waals surface area contributed by atoms with Gasteiger partial charge in [0.15, 0.2) is 0 Å². The molecule has 8 heteroatoms. The van der Waals surface area contributed by atoms with E-state index in [0.29, 0.717) is 18.8 Å². The Labute approximate surface area is 156 Å². The van der Waals surface area contributed by atoms with Crippen LogP contribution in [-0.2, 0) is 10.0 Å². The van der Waals surface area contributed by atoms with Crippen LogP contribution in [-0.4, -0.2) is 64.0 Å². The van der Waals surface area contributed by atoms with Crippen LogP contribution in [0.5, 0.6) is 5.75 Å². The SMILES string of the molecule is COc1ccc(S(N)(=O)=O)cc1C(=O)N1CCN(CCC(C)(C)C)CC1. The first kappa shape index (κ1) is 20.7. The number of hydrogen-bond donors (Lipinski definition) is 1. The van der Waals surface area contributed by atoms with Crippen LogP contribution in [0.2, 0.25) is 0 Å². The summed E-state index contributed by atoms with van der Waals surface area (Å²) in [6.07, 6.45) is 1.10. The molecule has 0 radical (unpaired) electrons. The lowest BCUT2D eigenvalue weighted by Crippen LogP contribution is -2.49. The molecule has 1 amide bonds. The highest BCUT2D eigenvalue weighted by Crippen LogP contribution is 2.24. The molecule has 1 fully saturated rings. The molecule has 26 heavy (non-hydrogen) atoms. The zero-order valence-electron chi connectivity index (χ0n) is 16.0. The fourth-order valence-electron chi connectivity index (χ4n) is 2.87. The molecule has 2 N–H and O–H groups in total. The number of rotatable bonds is 5. The van der Waals surface area contributed by atoms with Crippen molar-refractivity contribution in [1.82, 2.24) is 9.80 Å². The highest BCUT2D eigenvalue weighted by molar-refractivity contribution is 7.89. The lowest BCUT2D eigenvalue weighted by Gasteiger charge is -2.36.